The van der Waals surface area contributed by atoms with E-state index in [1.807, 2.05) is 43.0 Å². The highest BCUT2D eigenvalue weighted by Gasteiger charge is 2.09. The number of unbranched alkanes of at least 4 members (excludes halogenated alkanes) is 3. The van der Waals surface area contributed by atoms with Crippen LogP contribution < -0.4 is 0 Å². The Kier molecular flexibility index (Phi) is 9.72. The summed E-state index contributed by atoms with van der Waals surface area (Å²) in [5.41, 5.74) is 0. The average Bonchev–Trinajstić information content (AvgIpc) is 2.53. The molecule has 0 saturated carbocycles. The first-order valence-corrected chi connectivity index (χ1v) is 9.25. The quantitative estimate of drug-likeness (QED) is 0.322. The van der Waals surface area contributed by atoms with Crippen molar-refractivity contribution in [1.29, 1.82) is 0 Å². The molecule has 2 nitrogen and oxygen atoms in total. The molecule has 0 aliphatic carbocycles. The summed E-state index contributed by atoms with van der Waals surface area (Å²) in [5, 5.41) is 0. The van der Waals surface area contributed by atoms with E-state index in [0.29, 0.717) is 0 Å². The van der Waals surface area contributed by atoms with Crippen molar-refractivity contribution in [3.05, 3.63) is 41.3 Å². The minimum Gasteiger partial charge on any atom is -0.340 e. The fourth-order valence-electron chi connectivity index (χ4n) is 2.28. The van der Waals surface area contributed by atoms with E-state index in [0.717, 1.165) is 25.9 Å². The molecule has 1 aromatic carbocycles. The summed E-state index contributed by atoms with van der Waals surface area (Å²) in [6, 6.07) is 10.3. The van der Waals surface area contributed by atoms with Crippen molar-refractivity contribution >= 4 is 17.7 Å². The van der Waals surface area contributed by atoms with Gasteiger partial charge in [0.1, 0.15) is 0 Å². The van der Waals surface area contributed by atoms with Gasteiger partial charge in [-0.25, -0.2) is 0 Å². The molecule has 0 aromatic heterocycles. The van der Waals surface area contributed by atoms with Gasteiger partial charge in [0.15, 0.2) is 0 Å². The average molecular weight is 320 g/mol. The molecule has 1 amide bonds. The summed E-state index contributed by atoms with van der Waals surface area (Å²) in [4.78, 5) is 16.6. The van der Waals surface area contributed by atoms with Crippen LogP contribution in [0.25, 0.3) is 0 Å². The number of likely N-dealkylation sites (N-methyl/N-ethyl adjacent to an activating group) is 1. The predicted molar refractivity (Wildman–Crippen MR) is 97.1 cm³/mol. The van der Waals surface area contributed by atoms with E-state index in [1.54, 1.807) is 11.8 Å². The number of hydrogen-bond donors (Lipinski definition) is 0. The summed E-state index contributed by atoms with van der Waals surface area (Å²) in [6.07, 6.45) is 7.74. The number of amides is 1. The Morgan fingerprint density at radius 2 is 1.73 bits per heavy atom. The molecule has 0 atom stereocenters. The van der Waals surface area contributed by atoms with Gasteiger partial charge in [0, 0.05) is 24.1 Å². The molecule has 0 unspecified atom stereocenters. The van der Waals surface area contributed by atoms with Crippen LogP contribution in [0.2, 0.25) is 0 Å². The maximum Gasteiger partial charge on any atom is 0.247 e. The van der Waals surface area contributed by atoms with Gasteiger partial charge in [0.25, 0.3) is 0 Å². The topological polar surface area (TPSA) is 20.3 Å². The van der Waals surface area contributed by atoms with Crippen LogP contribution in [-0.4, -0.2) is 23.9 Å². The summed E-state index contributed by atoms with van der Waals surface area (Å²) < 4.78 is 0. The van der Waals surface area contributed by atoms with Crippen molar-refractivity contribution in [2.75, 3.05) is 13.1 Å². The molecule has 0 N–H and O–H groups in total. The zero-order valence-corrected chi connectivity index (χ0v) is 15.0. The van der Waals surface area contributed by atoms with E-state index < -0.39 is 0 Å². The van der Waals surface area contributed by atoms with E-state index in [2.05, 4.69) is 19.1 Å². The highest BCUT2D eigenvalue weighted by molar-refractivity contribution is 8.03. The van der Waals surface area contributed by atoms with Crippen LogP contribution in [0.5, 0.6) is 0 Å². The lowest BCUT2D eigenvalue weighted by Gasteiger charge is -2.17. The first-order valence-electron chi connectivity index (χ1n) is 8.43. The molecule has 22 heavy (non-hydrogen) atoms. The second-order valence-electron chi connectivity index (χ2n) is 5.35. The molecule has 1 aromatic rings. The summed E-state index contributed by atoms with van der Waals surface area (Å²) >= 11 is 1.73. The molecule has 122 valence electrons. The van der Waals surface area contributed by atoms with E-state index in [-0.39, 0.29) is 5.91 Å². The molecule has 1 rings (SSSR count). The Bertz CT molecular complexity index is 452. The van der Waals surface area contributed by atoms with E-state index in [4.69, 9.17) is 0 Å². The fourth-order valence-corrected chi connectivity index (χ4v) is 3.28. The lowest BCUT2D eigenvalue weighted by molar-refractivity contribution is -0.125. The minimum absolute atomic E-state index is 0.138. The van der Waals surface area contributed by atoms with Gasteiger partial charge in [-0.2, -0.15) is 0 Å². The number of rotatable bonds is 10. The normalized spacial score (nSPS) is 11.5. The monoisotopic (exact) mass is 319 g/mol. The highest BCUT2D eigenvalue weighted by atomic mass is 32.2. The fraction of sp³-hybridized carbons (Fsp3) is 0.526. The molecule has 0 spiro atoms. The van der Waals surface area contributed by atoms with Crippen LogP contribution in [0.1, 0.15) is 52.9 Å². The zero-order valence-electron chi connectivity index (χ0n) is 14.2. The standard InChI is InChI=1S/C19H29NOS/c1-4-7-8-10-15-18(16-19(21)20(5-2)6-3)22-17-13-11-9-12-14-17/h9,11-14,16H,4-8,10,15H2,1-3H3/b18-16+. The third kappa shape index (κ3) is 7.17. The smallest absolute Gasteiger partial charge is 0.247 e. The third-order valence-corrected chi connectivity index (χ3v) is 4.72. The number of hydrogen-bond acceptors (Lipinski definition) is 2. The minimum atomic E-state index is 0.138. The molecule has 0 heterocycles. The van der Waals surface area contributed by atoms with Gasteiger partial charge in [0.2, 0.25) is 5.91 Å². The molecule has 3 heteroatoms. The van der Waals surface area contributed by atoms with Gasteiger partial charge >= 0.3 is 0 Å². The van der Waals surface area contributed by atoms with Crippen LogP contribution in [0.4, 0.5) is 0 Å². The second-order valence-corrected chi connectivity index (χ2v) is 6.55. The van der Waals surface area contributed by atoms with Gasteiger partial charge in [-0.05, 0) is 43.7 Å². The van der Waals surface area contributed by atoms with Crippen LogP contribution in [-0.2, 0) is 4.79 Å². The largest absolute Gasteiger partial charge is 0.340 e. The molecular formula is C19H29NOS. The van der Waals surface area contributed by atoms with E-state index >= 15 is 0 Å². The Morgan fingerprint density at radius 1 is 1.05 bits per heavy atom. The molecule has 0 fully saturated rings. The highest BCUT2D eigenvalue weighted by Crippen LogP contribution is 2.30. The summed E-state index contributed by atoms with van der Waals surface area (Å²) in [5.74, 6) is 0.138. The van der Waals surface area contributed by atoms with Crippen molar-refractivity contribution < 1.29 is 4.79 Å². The Balaban J connectivity index is 2.74. The first kappa shape index (κ1) is 18.8. The molecular weight excluding hydrogens is 290 g/mol. The maximum atomic E-state index is 12.3. The molecule has 0 aliphatic heterocycles. The van der Waals surface area contributed by atoms with Crippen molar-refractivity contribution in [3.8, 4) is 0 Å². The number of thioether (sulfide) groups is 1. The Morgan fingerprint density at radius 3 is 2.32 bits per heavy atom. The Hall–Kier alpha value is -1.22. The number of nitrogens with zero attached hydrogens (tertiary/aromatic N) is 1. The van der Waals surface area contributed by atoms with Gasteiger partial charge in [-0.1, -0.05) is 56.1 Å². The zero-order chi connectivity index (χ0) is 16.2. The maximum absolute atomic E-state index is 12.3. The lowest BCUT2D eigenvalue weighted by Crippen LogP contribution is -2.28. The van der Waals surface area contributed by atoms with Crippen molar-refractivity contribution in [3.63, 3.8) is 0 Å². The Labute approximate surface area is 140 Å². The summed E-state index contributed by atoms with van der Waals surface area (Å²) in [6.45, 7) is 7.82. The number of carbonyl (C=O) groups is 1. The predicted octanol–water partition coefficient (Wildman–Crippen LogP) is 5.50. The van der Waals surface area contributed by atoms with Crippen molar-refractivity contribution in [1.82, 2.24) is 4.90 Å². The first-order chi connectivity index (χ1) is 10.7. The van der Waals surface area contributed by atoms with Crippen LogP contribution in [0.15, 0.2) is 46.2 Å². The van der Waals surface area contributed by atoms with Gasteiger partial charge < -0.3 is 4.90 Å². The summed E-state index contributed by atoms with van der Waals surface area (Å²) in [7, 11) is 0. The van der Waals surface area contributed by atoms with Crippen molar-refractivity contribution in [2.24, 2.45) is 0 Å². The van der Waals surface area contributed by atoms with Crippen LogP contribution >= 0.6 is 11.8 Å². The number of benzene rings is 1. The second kappa shape index (κ2) is 11.4. The van der Waals surface area contributed by atoms with E-state index in [1.165, 1.54) is 29.1 Å². The third-order valence-electron chi connectivity index (χ3n) is 3.63. The molecule has 0 bridgehead atoms. The van der Waals surface area contributed by atoms with Crippen LogP contribution in [0, 0.1) is 0 Å². The number of allylic oxidation sites excluding steroid dienone is 1. The molecule has 0 radical (unpaired) electrons. The molecule has 0 saturated heterocycles. The van der Waals surface area contributed by atoms with E-state index in [9.17, 15) is 4.79 Å². The number of carbonyl (C=O) groups excluding carboxylic acids is 1. The van der Waals surface area contributed by atoms with Gasteiger partial charge in [-0.3, -0.25) is 4.79 Å². The van der Waals surface area contributed by atoms with Crippen LogP contribution in [0.3, 0.4) is 0 Å². The van der Waals surface area contributed by atoms with Gasteiger partial charge in [0.05, 0.1) is 0 Å². The van der Waals surface area contributed by atoms with Crippen molar-refractivity contribution in [2.45, 2.75) is 57.8 Å². The SMILES string of the molecule is CCCCCC/C(=C\C(=O)N(CC)CC)Sc1ccccc1. The van der Waals surface area contributed by atoms with Gasteiger partial charge in [-0.15, -0.1) is 0 Å². The molecule has 0 aliphatic rings. The lowest BCUT2D eigenvalue weighted by atomic mass is 10.1.